The SMILES string of the molecule is COc1ccc(CCCO)c2cc(C)oc12. The maximum atomic E-state index is 8.86. The summed E-state index contributed by atoms with van der Waals surface area (Å²) in [5, 5.41) is 9.95. The van der Waals surface area contributed by atoms with Gasteiger partial charge in [0.1, 0.15) is 5.76 Å². The molecule has 0 bridgehead atoms. The molecule has 0 unspecified atom stereocenters. The van der Waals surface area contributed by atoms with Gasteiger partial charge >= 0.3 is 0 Å². The third-order valence-electron chi connectivity index (χ3n) is 2.69. The highest BCUT2D eigenvalue weighted by Gasteiger charge is 2.10. The first-order valence-electron chi connectivity index (χ1n) is 5.43. The van der Waals surface area contributed by atoms with Gasteiger partial charge in [-0.25, -0.2) is 0 Å². The first-order chi connectivity index (χ1) is 7.76. The van der Waals surface area contributed by atoms with Gasteiger partial charge in [0.15, 0.2) is 11.3 Å². The van der Waals surface area contributed by atoms with E-state index in [-0.39, 0.29) is 6.61 Å². The Kier molecular flexibility index (Phi) is 3.15. The van der Waals surface area contributed by atoms with Crippen LogP contribution in [0.5, 0.6) is 5.75 Å². The molecule has 1 N–H and O–H groups in total. The average molecular weight is 220 g/mol. The molecule has 0 aliphatic carbocycles. The quantitative estimate of drug-likeness (QED) is 0.861. The number of furan rings is 1. The van der Waals surface area contributed by atoms with Gasteiger partial charge in [0, 0.05) is 12.0 Å². The molecule has 1 aromatic heterocycles. The summed E-state index contributed by atoms with van der Waals surface area (Å²) in [7, 11) is 1.64. The molecule has 0 atom stereocenters. The fourth-order valence-corrected chi connectivity index (χ4v) is 1.93. The van der Waals surface area contributed by atoms with E-state index in [2.05, 4.69) is 0 Å². The number of rotatable bonds is 4. The number of fused-ring (bicyclic) bond motifs is 1. The van der Waals surface area contributed by atoms with E-state index >= 15 is 0 Å². The Labute approximate surface area is 94.6 Å². The van der Waals surface area contributed by atoms with Crippen LogP contribution in [0.15, 0.2) is 22.6 Å². The zero-order valence-electron chi connectivity index (χ0n) is 9.62. The molecule has 86 valence electrons. The molecule has 0 saturated carbocycles. The Balaban J connectivity index is 2.51. The van der Waals surface area contributed by atoms with E-state index in [0.29, 0.717) is 0 Å². The second-order valence-electron chi connectivity index (χ2n) is 3.85. The molecule has 3 heteroatoms. The molecule has 0 amide bonds. The largest absolute Gasteiger partial charge is 0.493 e. The fraction of sp³-hybridized carbons (Fsp3) is 0.385. The molecule has 3 nitrogen and oxygen atoms in total. The van der Waals surface area contributed by atoms with Gasteiger partial charge < -0.3 is 14.3 Å². The second kappa shape index (κ2) is 4.58. The van der Waals surface area contributed by atoms with Gasteiger partial charge in [0.2, 0.25) is 0 Å². The van der Waals surface area contributed by atoms with Crippen LogP contribution in [-0.4, -0.2) is 18.8 Å². The van der Waals surface area contributed by atoms with E-state index in [4.69, 9.17) is 14.3 Å². The zero-order valence-corrected chi connectivity index (χ0v) is 9.62. The molecule has 2 rings (SSSR count). The summed E-state index contributed by atoms with van der Waals surface area (Å²) in [5.41, 5.74) is 2.00. The summed E-state index contributed by atoms with van der Waals surface area (Å²) in [6.07, 6.45) is 1.63. The molecule has 0 spiro atoms. The van der Waals surface area contributed by atoms with E-state index in [0.717, 1.165) is 35.3 Å². The van der Waals surface area contributed by atoms with E-state index < -0.39 is 0 Å². The first-order valence-corrected chi connectivity index (χ1v) is 5.43. The van der Waals surface area contributed by atoms with Crippen LogP contribution in [0.3, 0.4) is 0 Å². The van der Waals surface area contributed by atoms with Crippen LogP contribution in [0.4, 0.5) is 0 Å². The van der Waals surface area contributed by atoms with Crippen molar-refractivity contribution < 1.29 is 14.3 Å². The standard InChI is InChI=1S/C13H16O3/c1-9-8-11-10(4-3-7-14)5-6-12(15-2)13(11)16-9/h5-6,8,14H,3-4,7H2,1-2H3. The molecule has 0 saturated heterocycles. The Hall–Kier alpha value is -1.48. The Morgan fingerprint density at radius 2 is 2.19 bits per heavy atom. The van der Waals surface area contributed by atoms with E-state index in [1.165, 1.54) is 5.56 Å². The topological polar surface area (TPSA) is 42.6 Å². The normalized spacial score (nSPS) is 10.9. The number of benzene rings is 1. The molecule has 0 fully saturated rings. The van der Waals surface area contributed by atoms with Crippen molar-refractivity contribution in [2.75, 3.05) is 13.7 Å². The van der Waals surface area contributed by atoms with Crippen LogP contribution in [-0.2, 0) is 6.42 Å². The maximum absolute atomic E-state index is 8.86. The lowest BCUT2D eigenvalue weighted by Gasteiger charge is -2.05. The van der Waals surface area contributed by atoms with Gasteiger partial charge in [-0.15, -0.1) is 0 Å². The van der Waals surface area contributed by atoms with Crippen molar-refractivity contribution in [1.29, 1.82) is 0 Å². The second-order valence-corrected chi connectivity index (χ2v) is 3.85. The number of ether oxygens (including phenoxy) is 1. The van der Waals surface area contributed by atoms with Crippen molar-refractivity contribution in [3.63, 3.8) is 0 Å². The Bertz CT molecular complexity index is 485. The number of aliphatic hydroxyl groups is 1. The number of hydrogen-bond acceptors (Lipinski definition) is 3. The lowest BCUT2D eigenvalue weighted by atomic mass is 10.0. The van der Waals surface area contributed by atoms with Crippen molar-refractivity contribution in [2.24, 2.45) is 0 Å². The fourth-order valence-electron chi connectivity index (χ4n) is 1.93. The van der Waals surface area contributed by atoms with Crippen LogP contribution >= 0.6 is 0 Å². The predicted molar refractivity (Wildman–Crippen MR) is 62.9 cm³/mol. The summed E-state index contributed by atoms with van der Waals surface area (Å²) in [5.74, 6) is 1.64. The lowest BCUT2D eigenvalue weighted by Crippen LogP contribution is -1.91. The summed E-state index contributed by atoms with van der Waals surface area (Å²) in [4.78, 5) is 0. The van der Waals surface area contributed by atoms with E-state index in [1.54, 1.807) is 7.11 Å². The molecule has 2 aromatic rings. The number of hydrogen-bond donors (Lipinski definition) is 1. The van der Waals surface area contributed by atoms with Crippen molar-refractivity contribution in [3.05, 3.63) is 29.5 Å². The molecule has 1 aromatic carbocycles. The van der Waals surface area contributed by atoms with Crippen LogP contribution in [0, 0.1) is 6.92 Å². The number of methoxy groups -OCH3 is 1. The van der Waals surface area contributed by atoms with Crippen LogP contribution in [0.1, 0.15) is 17.7 Å². The Morgan fingerprint density at radius 1 is 1.38 bits per heavy atom. The van der Waals surface area contributed by atoms with Gasteiger partial charge in [0.25, 0.3) is 0 Å². The molecular formula is C13H16O3. The van der Waals surface area contributed by atoms with Crippen molar-refractivity contribution in [3.8, 4) is 5.75 Å². The van der Waals surface area contributed by atoms with Crippen LogP contribution in [0.25, 0.3) is 11.0 Å². The zero-order chi connectivity index (χ0) is 11.5. The molecule has 1 heterocycles. The minimum Gasteiger partial charge on any atom is -0.493 e. The first kappa shape index (κ1) is 11.0. The van der Waals surface area contributed by atoms with Gasteiger partial charge in [-0.05, 0) is 37.5 Å². The molecule has 16 heavy (non-hydrogen) atoms. The average Bonchev–Trinajstić information content (AvgIpc) is 2.67. The van der Waals surface area contributed by atoms with Crippen molar-refractivity contribution >= 4 is 11.0 Å². The maximum Gasteiger partial charge on any atom is 0.176 e. The third kappa shape index (κ3) is 1.91. The molecule has 0 aliphatic heterocycles. The van der Waals surface area contributed by atoms with E-state index in [9.17, 15) is 0 Å². The minimum absolute atomic E-state index is 0.213. The predicted octanol–water partition coefficient (Wildman–Crippen LogP) is 2.67. The highest BCUT2D eigenvalue weighted by Crippen LogP contribution is 2.31. The van der Waals surface area contributed by atoms with Gasteiger partial charge in [-0.3, -0.25) is 0 Å². The smallest absolute Gasteiger partial charge is 0.176 e. The summed E-state index contributed by atoms with van der Waals surface area (Å²) >= 11 is 0. The monoisotopic (exact) mass is 220 g/mol. The molecule has 0 radical (unpaired) electrons. The summed E-state index contributed by atoms with van der Waals surface area (Å²) in [6, 6.07) is 5.97. The lowest BCUT2D eigenvalue weighted by molar-refractivity contribution is 0.288. The van der Waals surface area contributed by atoms with Crippen LogP contribution in [0.2, 0.25) is 0 Å². The van der Waals surface area contributed by atoms with Gasteiger partial charge in [-0.1, -0.05) is 6.07 Å². The highest BCUT2D eigenvalue weighted by molar-refractivity contribution is 5.87. The van der Waals surface area contributed by atoms with Crippen molar-refractivity contribution in [2.45, 2.75) is 19.8 Å². The minimum atomic E-state index is 0.213. The highest BCUT2D eigenvalue weighted by atomic mass is 16.5. The van der Waals surface area contributed by atoms with Gasteiger partial charge in [-0.2, -0.15) is 0 Å². The summed E-state index contributed by atoms with van der Waals surface area (Å²) in [6.45, 7) is 2.14. The Morgan fingerprint density at radius 3 is 2.88 bits per heavy atom. The molecule has 0 aliphatic rings. The van der Waals surface area contributed by atoms with E-state index in [1.807, 2.05) is 25.1 Å². The third-order valence-corrected chi connectivity index (χ3v) is 2.69. The van der Waals surface area contributed by atoms with Crippen molar-refractivity contribution in [1.82, 2.24) is 0 Å². The summed E-state index contributed by atoms with van der Waals surface area (Å²) < 4.78 is 10.9. The number of aryl methyl sites for hydroxylation is 2. The van der Waals surface area contributed by atoms with Gasteiger partial charge in [0.05, 0.1) is 7.11 Å². The molecular weight excluding hydrogens is 204 g/mol. The van der Waals surface area contributed by atoms with Crippen LogP contribution < -0.4 is 4.74 Å². The number of aliphatic hydroxyl groups excluding tert-OH is 1.